The van der Waals surface area contributed by atoms with E-state index in [2.05, 4.69) is 4.84 Å². The van der Waals surface area contributed by atoms with Crippen LogP contribution in [0.25, 0.3) is 0 Å². The lowest BCUT2D eigenvalue weighted by atomic mass is 10.0. The van der Waals surface area contributed by atoms with E-state index in [1.54, 1.807) is 0 Å². The second-order valence-electron chi connectivity index (χ2n) is 4.42. The maximum Gasteiger partial charge on any atom is 0.367 e. The molecule has 21 heavy (non-hydrogen) atoms. The standard InChI is InChI=1S/C12H11F2N3O4/c1-4-7(8(13)9(14)11(16)10(4)15)12(20)21-17-5(18)2-3-6(17)19/h2-3,15-16H2,1H3. The molecular weight excluding hydrogens is 288 g/mol. The summed E-state index contributed by atoms with van der Waals surface area (Å²) in [7, 11) is 0. The van der Waals surface area contributed by atoms with Gasteiger partial charge in [0.2, 0.25) is 0 Å². The Morgan fingerprint density at radius 1 is 1.10 bits per heavy atom. The normalized spacial score (nSPS) is 14.7. The van der Waals surface area contributed by atoms with Crippen molar-refractivity contribution in [2.75, 3.05) is 11.5 Å². The molecule has 112 valence electrons. The fraction of sp³-hybridized carbons (Fsp3) is 0.250. The average Bonchev–Trinajstić information content (AvgIpc) is 2.75. The maximum atomic E-state index is 13.8. The van der Waals surface area contributed by atoms with Crippen LogP contribution in [0.3, 0.4) is 0 Å². The first-order valence-corrected chi connectivity index (χ1v) is 5.86. The lowest BCUT2D eigenvalue weighted by Crippen LogP contribution is -2.32. The third-order valence-electron chi connectivity index (χ3n) is 3.10. The van der Waals surface area contributed by atoms with Crippen LogP contribution in [0.2, 0.25) is 0 Å². The molecular formula is C12H11F2N3O4. The molecule has 2 rings (SSSR count). The predicted octanol–water partition coefficient (Wildman–Crippen LogP) is 0.658. The Bertz CT molecular complexity index is 630. The number of imide groups is 1. The van der Waals surface area contributed by atoms with Gasteiger partial charge in [-0.3, -0.25) is 9.59 Å². The molecule has 1 fully saturated rings. The van der Waals surface area contributed by atoms with Crippen LogP contribution in [0, 0.1) is 18.6 Å². The summed E-state index contributed by atoms with van der Waals surface area (Å²) < 4.78 is 27.3. The van der Waals surface area contributed by atoms with Crippen LogP contribution in [-0.4, -0.2) is 22.8 Å². The Labute approximate surface area is 117 Å². The highest BCUT2D eigenvalue weighted by Crippen LogP contribution is 2.30. The minimum atomic E-state index is -1.55. The van der Waals surface area contributed by atoms with Gasteiger partial charge in [-0.05, 0) is 12.5 Å². The van der Waals surface area contributed by atoms with Crippen molar-refractivity contribution < 1.29 is 28.0 Å². The van der Waals surface area contributed by atoms with Gasteiger partial charge in [-0.25, -0.2) is 13.6 Å². The van der Waals surface area contributed by atoms with E-state index in [-0.39, 0.29) is 29.2 Å². The summed E-state index contributed by atoms with van der Waals surface area (Å²) in [5.41, 5.74) is 8.81. The first-order chi connectivity index (χ1) is 9.75. The van der Waals surface area contributed by atoms with Crippen LogP contribution in [0.15, 0.2) is 0 Å². The molecule has 0 unspecified atom stereocenters. The van der Waals surface area contributed by atoms with Crippen molar-refractivity contribution in [2.45, 2.75) is 19.8 Å². The number of benzene rings is 1. The molecule has 2 amide bonds. The molecule has 0 radical (unpaired) electrons. The number of rotatable bonds is 2. The molecule has 4 N–H and O–H groups in total. The minimum absolute atomic E-state index is 0.119. The first kappa shape index (κ1) is 14.7. The number of anilines is 2. The van der Waals surface area contributed by atoms with Crippen LogP contribution >= 0.6 is 0 Å². The Hall–Kier alpha value is -2.71. The second kappa shape index (κ2) is 5.00. The first-order valence-electron chi connectivity index (χ1n) is 5.86. The molecule has 7 nitrogen and oxygen atoms in total. The topological polar surface area (TPSA) is 116 Å². The van der Waals surface area contributed by atoms with Gasteiger partial charge in [0.05, 0.1) is 11.4 Å². The molecule has 0 bridgehead atoms. The lowest BCUT2D eigenvalue weighted by Gasteiger charge is -2.16. The number of nitrogen functional groups attached to an aromatic ring is 2. The Morgan fingerprint density at radius 2 is 1.62 bits per heavy atom. The van der Waals surface area contributed by atoms with Gasteiger partial charge in [0, 0.05) is 12.8 Å². The fourth-order valence-electron chi connectivity index (χ4n) is 1.88. The quantitative estimate of drug-likeness (QED) is 0.612. The summed E-state index contributed by atoms with van der Waals surface area (Å²) in [5, 5.41) is 0.228. The number of halogens is 2. The Morgan fingerprint density at radius 3 is 2.14 bits per heavy atom. The van der Waals surface area contributed by atoms with Gasteiger partial charge in [-0.1, -0.05) is 0 Å². The van der Waals surface area contributed by atoms with E-state index >= 15 is 0 Å². The molecule has 9 heteroatoms. The van der Waals surface area contributed by atoms with Crippen molar-refractivity contribution in [1.29, 1.82) is 0 Å². The molecule has 1 aliphatic heterocycles. The summed E-state index contributed by atoms with van der Waals surface area (Å²) in [4.78, 5) is 39.1. The monoisotopic (exact) mass is 299 g/mol. The zero-order valence-electron chi connectivity index (χ0n) is 10.9. The third kappa shape index (κ3) is 2.26. The Balaban J connectivity index is 2.41. The zero-order valence-corrected chi connectivity index (χ0v) is 10.9. The third-order valence-corrected chi connectivity index (χ3v) is 3.10. The number of amides is 2. The number of hydroxylamine groups is 2. The molecule has 0 aliphatic carbocycles. The number of carbonyl (C=O) groups is 3. The predicted molar refractivity (Wildman–Crippen MR) is 66.4 cm³/mol. The Kier molecular flexibility index (Phi) is 3.50. The molecule has 0 aromatic heterocycles. The highest BCUT2D eigenvalue weighted by atomic mass is 19.2. The van der Waals surface area contributed by atoms with Gasteiger partial charge >= 0.3 is 5.97 Å². The van der Waals surface area contributed by atoms with Crippen molar-refractivity contribution in [3.05, 3.63) is 22.8 Å². The van der Waals surface area contributed by atoms with E-state index in [1.807, 2.05) is 0 Å². The number of carbonyl (C=O) groups excluding carboxylic acids is 3. The summed E-state index contributed by atoms with van der Waals surface area (Å²) in [6.07, 6.45) is -0.238. The molecule has 1 aliphatic rings. The van der Waals surface area contributed by atoms with Crippen molar-refractivity contribution in [2.24, 2.45) is 0 Å². The van der Waals surface area contributed by atoms with E-state index in [1.165, 1.54) is 6.92 Å². The number of nitrogens with zero attached hydrogens (tertiary/aromatic N) is 1. The molecule has 1 aromatic carbocycles. The fourth-order valence-corrected chi connectivity index (χ4v) is 1.88. The van der Waals surface area contributed by atoms with Crippen molar-refractivity contribution in [3.8, 4) is 0 Å². The average molecular weight is 299 g/mol. The van der Waals surface area contributed by atoms with Gasteiger partial charge < -0.3 is 16.3 Å². The summed E-state index contributed by atoms with van der Waals surface area (Å²) >= 11 is 0. The summed E-state index contributed by atoms with van der Waals surface area (Å²) in [6, 6.07) is 0. The van der Waals surface area contributed by atoms with Crippen LogP contribution < -0.4 is 11.5 Å². The van der Waals surface area contributed by atoms with Gasteiger partial charge in [-0.2, -0.15) is 0 Å². The molecule has 0 saturated carbocycles. The highest BCUT2D eigenvalue weighted by molar-refractivity contribution is 6.03. The SMILES string of the molecule is Cc1c(N)c(N)c(F)c(F)c1C(=O)ON1C(=O)CCC1=O. The minimum Gasteiger partial charge on any atom is -0.397 e. The summed E-state index contributed by atoms with van der Waals surface area (Å²) in [5.74, 6) is -5.93. The van der Waals surface area contributed by atoms with Gasteiger partial charge in [-0.15, -0.1) is 5.06 Å². The highest BCUT2D eigenvalue weighted by Gasteiger charge is 2.35. The zero-order chi connectivity index (χ0) is 15.9. The molecule has 0 spiro atoms. The maximum absolute atomic E-state index is 13.8. The molecule has 1 heterocycles. The molecule has 1 saturated heterocycles. The van der Waals surface area contributed by atoms with E-state index in [0.717, 1.165) is 0 Å². The van der Waals surface area contributed by atoms with Gasteiger partial charge in [0.1, 0.15) is 5.56 Å². The van der Waals surface area contributed by atoms with Gasteiger partial charge in [0.25, 0.3) is 11.8 Å². The van der Waals surface area contributed by atoms with E-state index in [4.69, 9.17) is 11.5 Å². The molecule has 0 atom stereocenters. The van der Waals surface area contributed by atoms with E-state index < -0.39 is 40.7 Å². The van der Waals surface area contributed by atoms with E-state index in [9.17, 15) is 23.2 Å². The van der Waals surface area contributed by atoms with E-state index in [0.29, 0.717) is 0 Å². The lowest BCUT2D eigenvalue weighted by molar-refractivity contribution is -0.172. The largest absolute Gasteiger partial charge is 0.397 e. The number of hydrogen-bond acceptors (Lipinski definition) is 6. The van der Waals surface area contributed by atoms with Crippen LogP contribution in [0.4, 0.5) is 20.2 Å². The van der Waals surface area contributed by atoms with Crippen molar-refractivity contribution in [3.63, 3.8) is 0 Å². The van der Waals surface area contributed by atoms with Crippen LogP contribution in [-0.2, 0) is 14.4 Å². The summed E-state index contributed by atoms with van der Waals surface area (Å²) in [6.45, 7) is 1.23. The van der Waals surface area contributed by atoms with Gasteiger partial charge in [0.15, 0.2) is 11.6 Å². The number of hydrogen-bond donors (Lipinski definition) is 2. The number of nitrogens with two attached hydrogens (primary N) is 2. The van der Waals surface area contributed by atoms with Crippen LogP contribution in [0.5, 0.6) is 0 Å². The second-order valence-corrected chi connectivity index (χ2v) is 4.42. The van der Waals surface area contributed by atoms with Crippen LogP contribution in [0.1, 0.15) is 28.8 Å². The molecule has 1 aromatic rings. The van der Waals surface area contributed by atoms with Crippen molar-refractivity contribution >= 4 is 29.2 Å². The van der Waals surface area contributed by atoms with Crippen molar-refractivity contribution in [1.82, 2.24) is 5.06 Å². The smallest absolute Gasteiger partial charge is 0.367 e.